The lowest BCUT2D eigenvalue weighted by Crippen LogP contribution is -2.54. The van der Waals surface area contributed by atoms with Crippen LogP contribution in [-0.4, -0.2) is 50.6 Å². The maximum Gasteiger partial charge on any atom is 0.224 e. The van der Waals surface area contributed by atoms with E-state index in [-0.39, 0.29) is 23.8 Å². The van der Waals surface area contributed by atoms with Crippen LogP contribution in [0, 0.1) is 22.7 Å². The zero-order valence-electron chi connectivity index (χ0n) is 17.9. The summed E-state index contributed by atoms with van der Waals surface area (Å²) in [5.74, 6) is 0.717. The zero-order chi connectivity index (χ0) is 22.3. The van der Waals surface area contributed by atoms with Crippen LogP contribution in [0.25, 0.3) is 11.0 Å². The second kappa shape index (κ2) is 7.57. The Bertz CT molecular complexity index is 1200. The summed E-state index contributed by atoms with van der Waals surface area (Å²) in [6.45, 7) is 2.98. The average molecular weight is 432 g/mol. The van der Waals surface area contributed by atoms with Gasteiger partial charge in [-0.2, -0.15) is 5.26 Å². The monoisotopic (exact) mass is 431 g/mol. The molecule has 1 aliphatic heterocycles. The normalized spacial score (nSPS) is 21.2. The number of aromatic amines is 1. The van der Waals surface area contributed by atoms with E-state index in [1.807, 2.05) is 18.3 Å². The van der Waals surface area contributed by atoms with E-state index in [0.29, 0.717) is 17.7 Å². The number of hydrogen-bond donors (Lipinski definition) is 3. The molecule has 9 nitrogen and oxygen atoms in total. The van der Waals surface area contributed by atoms with Gasteiger partial charge in [0.05, 0.1) is 23.3 Å². The van der Waals surface area contributed by atoms with Crippen LogP contribution in [0.1, 0.15) is 37.4 Å². The van der Waals surface area contributed by atoms with Gasteiger partial charge in [-0.15, -0.1) is 0 Å². The van der Waals surface area contributed by atoms with Gasteiger partial charge in [-0.1, -0.05) is 0 Å². The molecule has 0 bridgehead atoms. The second-order valence-corrected chi connectivity index (χ2v) is 9.09. The Kier molecular flexibility index (Phi) is 4.82. The molecule has 4 heterocycles. The lowest BCUT2D eigenvalue weighted by Gasteiger charge is -2.40. The summed E-state index contributed by atoms with van der Waals surface area (Å²) < 4.78 is 0. The van der Waals surface area contributed by atoms with Crippen molar-refractivity contribution in [1.29, 1.82) is 5.26 Å². The molecule has 3 aromatic rings. The van der Waals surface area contributed by atoms with Crippen molar-refractivity contribution < 1.29 is 9.90 Å². The predicted octanol–water partition coefficient (Wildman–Crippen LogP) is 1.85. The predicted molar refractivity (Wildman–Crippen MR) is 117 cm³/mol. The molecule has 32 heavy (non-hydrogen) atoms. The molecular weight excluding hydrogens is 406 g/mol. The number of carbonyl (C=O) groups is 1. The molecule has 164 valence electrons. The number of fused-ring (bicyclic) bond motifs is 1. The molecule has 2 fully saturated rings. The molecule has 0 radical (unpaired) electrons. The molecule has 1 unspecified atom stereocenters. The number of nitrogens with zero attached hydrogens (tertiary/aromatic N) is 5. The van der Waals surface area contributed by atoms with Crippen LogP contribution in [0.3, 0.4) is 0 Å². The highest BCUT2D eigenvalue weighted by molar-refractivity contribution is 5.88. The Morgan fingerprint density at radius 2 is 2.22 bits per heavy atom. The molecular formula is C23H25N7O2. The number of aliphatic hydroxyl groups excluding tert-OH is 1. The van der Waals surface area contributed by atoms with Crippen LogP contribution in [-0.2, 0) is 10.3 Å². The Morgan fingerprint density at radius 3 is 2.91 bits per heavy atom. The number of aromatic nitrogens is 4. The molecule has 1 saturated carbocycles. The lowest BCUT2D eigenvalue weighted by molar-refractivity contribution is -0.130. The smallest absolute Gasteiger partial charge is 0.224 e. The summed E-state index contributed by atoms with van der Waals surface area (Å²) in [6.07, 6.45) is 7.60. The molecule has 3 aromatic heterocycles. The van der Waals surface area contributed by atoms with Crippen molar-refractivity contribution in [2.45, 2.75) is 31.7 Å². The van der Waals surface area contributed by atoms with Gasteiger partial charge < -0.3 is 20.3 Å². The standard InChI is InChI=1S/C23H25N7O2/c1-22(13-31,18-3-2-15(10-24)11-26-18)29-21(32)17-5-9-30(12-23(17)6-7-23)20-16-4-8-25-19(16)27-14-28-20/h2-4,8,11,14,17,31H,5-7,9,12-13H2,1H3,(H,29,32)(H,25,27,28)/t17?,22-/m0/s1. The van der Waals surface area contributed by atoms with E-state index in [4.69, 9.17) is 5.26 Å². The van der Waals surface area contributed by atoms with Gasteiger partial charge in [-0.3, -0.25) is 9.78 Å². The number of aliphatic hydroxyl groups is 1. The molecule has 2 atom stereocenters. The number of nitrogens with one attached hydrogen (secondary N) is 2. The topological polar surface area (TPSA) is 131 Å². The minimum absolute atomic E-state index is 0.0562. The number of rotatable bonds is 5. The van der Waals surface area contributed by atoms with E-state index >= 15 is 0 Å². The van der Waals surface area contributed by atoms with Crippen LogP contribution in [0.15, 0.2) is 36.9 Å². The summed E-state index contributed by atoms with van der Waals surface area (Å²) in [6, 6.07) is 7.35. The third kappa shape index (κ3) is 3.37. The molecule has 9 heteroatoms. The van der Waals surface area contributed by atoms with Gasteiger partial charge in [0.25, 0.3) is 0 Å². The van der Waals surface area contributed by atoms with Gasteiger partial charge in [0, 0.05) is 31.4 Å². The van der Waals surface area contributed by atoms with E-state index in [1.54, 1.807) is 25.4 Å². The minimum Gasteiger partial charge on any atom is -0.394 e. The lowest BCUT2D eigenvalue weighted by atomic mass is 9.80. The number of amides is 1. The Hall–Kier alpha value is -3.51. The second-order valence-electron chi connectivity index (χ2n) is 9.09. The van der Waals surface area contributed by atoms with E-state index in [9.17, 15) is 9.90 Å². The summed E-state index contributed by atoms with van der Waals surface area (Å²) in [5, 5.41) is 23.1. The van der Waals surface area contributed by atoms with Crippen molar-refractivity contribution in [1.82, 2.24) is 25.3 Å². The minimum atomic E-state index is -1.01. The average Bonchev–Trinajstić information content (AvgIpc) is 3.40. The van der Waals surface area contributed by atoms with Gasteiger partial charge in [0.2, 0.25) is 5.91 Å². The van der Waals surface area contributed by atoms with Crippen molar-refractivity contribution in [2.24, 2.45) is 11.3 Å². The van der Waals surface area contributed by atoms with Crippen LogP contribution < -0.4 is 10.2 Å². The quantitative estimate of drug-likeness (QED) is 0.562. The molecule has 1 spiro atoms. The van der Waals surface area contributed by atoms with Gasteiger partial charge in [0.15, 0.2) is 0 Å². The van der Waals surface area contributed by atoms with Crippen molar-refractivity contribution in [3.05, 3.63) is 48.2 Å². The maximum absolute atomic E-state index is 13.4. The Labute approximate surface area is 185 Å². The zero-order valence-corrected chi connectivity index (χ0v) is 17.9. The van der Waals surface area contributed by atoms with Crippen LogP contribution in [0.2, 0.25) is 0 Å². The summed E-state index contributed by atoms with van der Waals surface area (Å²) in [4.78, 5) is 31.9. The van der Waals surface area contributed by atoms with E-state index in [0.717, 1.165) is 42.8 Å². The highest BCUT2D eigenvalue weighted by Crippen LogP contribution is 2.56. The first-order chi connectivity index (χ1) is 15.5. The number of H-pyrrole nitrogens is 1. The Morgan fingerprint density at radius 1 is 1.38 bits per heavy atom. The van der Waals surface area contributed by atoms with E-state index < -0.39 is 5.54 Å². The molecule has 2 aliphatic rings. The molecule has 1 aliphatic carbocycles. The number of anilines is 1. The van der Waals surface area contributed by atoms with E-state index in [1.165, 1.54) is 6.20 Å². The number of carbonyl (C=O) groups excluding carboxylic acids is 1. The van der Waals surface area contributed by atoms with Crippen molar-refractivity contribution in [3.8, 4) is 6.07 Å². The van der Waals surface area contributed by atoms with Gasteiger partial charge in [-0.25, -0.2) is 9.97 Å². The molecule has 0 aromatic carbocycles. The molecule has 5 rings (SSSR count). The first kappa shape index (κ1) is 20.4. The highest BCUT2D eigenvalue weighted by atomic mass is 16.3. The third-order valence-corrected chi connectivity index (χ3v) is 6.95. The molecule has 3 N–H and O–H groups in total. The number of nitriles is 1. The largest absolute Gasteiger partial charge is 0.394 e. The maximum atomic E-state index is 13.4. The number of piperidine rings is 1. The van der Waals surface area contributed by atoms with Gasteiger partial charge in [-0.05, 0) is 49.8 Å². The van der Waals surface area contributed by atoms with Crippen molar-refractivity contribution >= 4 is 22.8 Å². The van der Waals surface area contributed by atoms with Crippen molar-refractivity contribution in [3.63, 3.8) is 0 Å². The molecule has 1 saturated heterocycles. The fourth-order valence-corrected chi connectivity index (χ4v) is 4.86. The van der Waals surface area contributed by atoms with E-state index in [2.05, 4.69) is 30.2 Å². The summed E-state index contributed by atoms with van der Waals surface area (Å²) >= 11 is 0. The van der Waals surface area contributed by atoms with Crippen LogP contribution in [0.5, 0.6) is 0 Å². The van der Waals surface area contributed by atoms with Crippen LogP contribution in [0.4, 0.5) is 5.82 Å². The fraction of sp³-hybridized carbons (Fsp3) is 0.435. The number of pyridine rings is 1. The molecule has 1 amide bonds. The summed E-state index contributed by atoms with van der Waals surface area (Å²) in [7, 11) is 0. The first-order valence-corrected chi connectivity index (χ1v) is 10.8. The SMILES string of the molecule is C[C@@](CO)(NC(=O)C1CCN(c2ncnc3[nH]ccc23)CC12CC2)c1ccc(C#N)cn1. The summed E-state index contributed by atoms with van der Waals surface area (Å²) in [5.41, 5.74) is 0.691. The van der Waals surface area contributed by atoms with Crippen molar-refractivity contribution in [2.75, 3.05) is 24.6 Å². The Balaban J connectivity index is 1.34. The highest BCUT2D eigenvalue weighted by Gasteiger charge is 2.56. The fourth-order valence-electron chi connectivity index (χ4n) is 4.86. The van der Waals surface area contributed by atoms with Gasteiger partial charge in [0.1, 0.15) is 29.4 Å². The first-order valence-electron chi connectivity index (χ1n) is 10.8. The third-order valence-electron chi connectivity index (χ3n) is 6.95. The van der Waals surface area contributed by atoms with Crippen LogP contribution >= 0.6 is 0 Å². The number of hydrogen-bond acceptors (Lipinski definition) is 7. The van der Waals surface area contributed by atoms with Gasteiger partial charge >= 0.3 is 0 Å².